The van der Waals surface area contributed by atoms with Gasteiger partial charge in [0.2, 0.25) is 5.89 Å². The first-order valence-corrected chi connectivity index (χ1v) is 6.01. The zero-order chi connectivity index (χ0) is 12.4. The number of hydrogen-bond donors (Lipinski definition) is 0. The molecule has 4 nitrogen and oxygen atoms in total. The van der Waals surface area contributed by atoms with Crippen LogP contribution >= 0.6 is 11.6 Å². The maximum atomic E-state index is 5.65. The summed E-state index contributed by atoms with van der Waals surface area (Å²) >= 11 is 5.65. The maximum Gasteiger partial charge on any atom is 0.209 e. The fourth-order valence-electron chi connectivity index (χ4n) is 1.68. The third kappa shape index (κ3) is 2.02. The molecule has 0 aliphatic heterocycles. The van der Waals surface area contributed by atoms with E-state index in [4.69, 9.17) is 16.0 Å². The fraction of sp³-hybridized carbons (Fsp3) is 0.0769. The molecule has 0 atom stereocenters. The largest absolute Gasteiger partial charge is 0.439 e. The smallest absolute Gasteiger partial charge is 0.209 e. The molecule has 3 aromatic rings. The van der Waals surface area contributed by atoms with Crippen LogP contribution in [-0.4, -0.2) is 14.8 Å². The molecule has 2 aromatic heterocycles. The van der Waals surface area contributed by atoms with Crippen LogP contribution in [-0.2, 0) is 5.88 Å². The first-order chi connectivity index (χ1) is 8.86. The molecule has 0 fully saturated rings. The normalized spacial score (nSPS) is 10.7. The number of oxazole rings is 1. The molecular formula is C13H10ClN3O. The molecule has 0 N–H and O–H groups in total. The van der Waals surface area contributed by atoms with Crippen LogP contribution in [0.3, 0.4) is 0 Å². The molecule has 2 heterocycles. The summed E-state index contributed by atoms with van der Waals surface area (Å²) in [6.07, 6.45) is 5.30. The Kier molecular flexibility index (Phi) is 2.86. The van der Waals surface area contributed by atoms with Crippen LogP contribution in [0.2, 0.25) is 0 Å². The molecule has 0 amide bonds. The summed E-state index contributed by atoms with van der Waals surface area (Å²) in [5, 5.41) is 4.29. The average molecular weight is 260 g/mol. The Bertz CT molecular complexity index is 645. The highest BCUT2D eigenvalue weighted by Gasteiger charge is 2.08. The Morgan fingerprint density at radius 3 is 2.72 bits per heavy atom. The SMILES string of the molecule is ClCc1ncc(-c2cnn(-c3ccccc3)c2)o1. The van der Waals surface area contributed by atoms with Gasteiger partial charge in [-0.2, -0.15) is 5.10 Å². The van der Waals surface area contributed by atoms with E-state index in [0.717, 1.165) is 11.3 Å². The lowest BCUT2D eigenvalue weighted by atomic mass is 10.3. The lowest BCUT2D eigenvalue weighted by Gasteiger charge is -1.98. The summed E-state index contributed by atoms with van der Waals surface area (Å²) in [4.78, 5) is 4.06. The van der Waals surface area contributed by atoms with E-state index in [2.05, 4.69) is 10.1 Å². The first kappa shape index (κ1) is 11.0. The minimum Gasteiger partial charge on any atom is -0.439 e. The monoisotopic (exact) mass is 259 g/mol. The van der Waals surface area contributed by atoms with Gasteiger partial charge in [0.05, 0.1) is 29.5 Å². The molecule has 0 spiro atoms. The Labute approximate surface area is 109 Å². The predicted molar refractivity (Wildman–Crippen MR) is 68.6 cm³/mol. The third-order valence-corrected chi connectivity index (χ3v) is 2.78. The lowest BCUT2D eigenvalue weighted by Crippen LogP contribution is -1.92. The maximum absolute atomic E-state index is 5.65. The van der Waals surface area contributed by atoms with E-state index in [1.165, 1.54) is 0 Å². The summed E-state index contributed by atoms with van der Waals surface area (Å²) in [5.41, 5.74) is 1.88. The van der Waals surface area contributed by atoms with E-state index >= 15 is 0 Å². The van der Waals surface area contributed by atoms with Crippen LogP contribution in [0.4, 0.5) is 0 Å². The fourth-order valence-corrected chi connectivity index (χ4v) is 1.80. The zero-order valence-corrected chi connectivity index (χ0v) is 10.2. The number of hydrogen-bond acceptors (Lipinski definition) is 3. The second-order valence-corrected chi connectivity index (χ2v) is 4.03. The molecule has 0 radical (unpaired) electrons. The number of halogens is 1. The van der Waals surface area contributed by atoms with Gasteiger partial charge in [0.25, 0.3) is 0 Å². The van der Waals surface area contributed by atoms with Crippen molar-refractivity contribution in [1.29, 1.82) is 0 Å². The molecule has 90 valence electrons. The Morgan fingerprint density at radius 1 is 1.17 bits per heavy atom. The van der Waals surface area contributed by atoms with Crippen molar-refractivity contribution in [2.75, 3.05) is 0 Å². The predicted octanol–water partition coefficient (Wildman–Crippen LogP) is 3.27. The molecule has 0 aliphatic carbocycles. The van der Waals surface area contributed by atoms with Crippen molar-refractivity contribution in [2.45, 2.75) is 5.88 Å². The minimum absolute atomic E-state index is 0.271. The van der Waals surface area contributed by atoms with E-state index in [1.807, 2.05) is 36.5 Å². The molecule has 0 bridgehead atoms. The van der Waals surface area contributed by atoms with Gasteiger partial charge in [0.1, 0.15) is 0 Å². The quantitative estimate of drug-likeness (QED) is 0.678. The highest BCUT2D eigenvalue weighted by molar-refractivity contribution is 6.16. The van der Waals surface area contributed by atoms with Crippen molar-refractivity contribution in [3.63, 3.8) is 0 Å². The van der Waals surface area contributed by atoms with Crippen LogP contribution in [0, 0.1) is 0 Å². The van der Waals surface area contributed by atoms with E-state index in [1.54, 1.807) is 17.1 Å². The van der Waals surface area contributed by atoms with Gasteiger partial charge in [-0.1, -0.05) is 18.2 Å². The summed E-state index contributed by atoms with van der Waals surface area (Å²) < 4.78 is 7.26. The number of benzene rings is 1. The number of para-hydroxylation sites is 1. The lowest BCUT2D eigenvalue weighted by molar-refractivity contribution is 0.529. The molecule has 3 rings (SSSR count). The number of alkyl halides is 1. The van der Waals surface area contributed by atoms with Crippen molar-refractivity contribution < 1.29 is 4.42 Å². The summed E-state index contributed by atoms with van der Waals surface area (Å²) in [6.45, 7) is 0. The van der Waals surface area contributed by atoms with E-state index < -0.39 is 0 Å². The van der Waals surface area contributed by atoms with Gasteiger partial charge in [-0.3, -0.25) is 0 Å². The van der Waals surface area contributed by atoms with Gasteiger partial charge < -0.3 is 4.42 Å². The van der Waals surface area contributed by atoms with Crippen molar-refractivity contribution in [2.24, 2.45) is 0 Å². The van der Waals surface area contributed by atoms with Crippen LogP contribution in [0.5, 0.6) is 0 Å². The second kappa shape index (κ2) is 4.66. The van der Waals surface area contributed by atoms with Crippen molar-refractivity contribution >= 4 is 11.6 Å². The molecule has 1 aromatic carbocycles. The molecule has 0 aliphatic rings. The van der Waals surface area contributed by atoms with Crippen LogP contribution in [0.15, 0.2) is 53.3 Å². The Hall–Kier alpha value is -2.07. The van der Waals surface area contributed by atoms with Crippen LogP contribution < -0.4 is 0 Å². The average Bonchev–Trinajstić information content (AvgIpc) is 3.08. The number of aromatic nitrogens is 3. The van der Waals surface area contributed by atoms with E-state index in [0.29, 0.717) is 11.7 Å². The van der Waals surface area contributed by atoms with Gasteiger partial charge in [-0.15, -0.1) is 11.6 Å². The number of nitrogens with zero attached hydrogens (tertiary/aromatic N) is 3. The van der Waals surface area contributed by atoms with Crippen molar-refractivity contribution in [3.05, 3.63) is 54.8 Å². The zero-order valence-electron chi connectivity index (χ0n) is 9.45. The van der Waals surface area contributed by atoms with Gasteiger partial charge in [-0.05, 0) is 12.1 Å². The first-order valence-electron chi connectivity index (χ1n) is 5.48. The highest BCUT2D eigenvalue weighted by atomic mass is 35.5. The topological polar surface area (TPSA) is 43.9 Å². The standard InChI is InChI=1S/C13H10ClN3O/c14-6-13-15-8-12(18-13)10-7-16-17(9-10)11-4-2-1-3-5-11/h1-5,7-9H,6H2. The van der Waals surface area contributed by atoms with Gasteiger partial charge >= 0.3 is 0 Å². The van der Waals surface area contributed by atoms with Gasteiger partial charge in [-0.25, -0.2) is 9.67 Å². The Balaban J connectivity index is 1.94. The van der Waals surface area contributed by atoms with Gasteiger partial charge in [0.15, 0.2) is 5.76 Å². The van der Waals surface area contributed by atoms with Crippen molar-refractivity contribution in [1.82, 2.24) is 14.8 Å². The molecule has 5 heteroatoms. The summed E-state index contributed by atoms with van der Waals surface area (Å²) in [6, 6.07) is 9.88. The Morgan fingerprint density at radius 2 is 2.00 bits per heavy atom. The molecule has 0 unspecified atom stereocenters. The molecule has 18 heavy (non-hydrogen) atoms. The summed E-state index contributed by atoms with van der Waals surface area (Å²) in [5.74, 6) is 1.46. The minimum atomic E-state index is 0.271. The van der Waals surface area contributed by atoms with E-state index in [9.17, 15) is 0 Å². The second-order valence-electron chi connectivity index (χ2n) is 3.76. The molecule has 0 saturated carbocycles. The highest BCUT2D eigenvalue weighted by Crippen LogP contribution is 2.21. The van der Waals surface area contributed by atoms with Crippen LogP contribution in [0.1, 0.15) is 5.89 Å². The van der Waals surface area contributed by atoms with Crippen LogP contribution in [0.25, 0.3) is 17.0 Å². The van der Waals surface area contributed by atoms with Gasteiger partial charge in [0, 0.05) is 6.20 Å². The number of rotatable bonds is 3. The molecular weight excluding hydrogens is 250 g/mol. The molecule has 0 saturated heterocycles. The van der Waals surface area contributed by atoms with E-state index in [-0.39, 0.29) is 5.88 Å². The summed E-state index contributed by atoms with van der Waals surface area (Å²) in [7, 11) is 0. The third-order valence-electron chi connectivity index (χ3n) is 2.56. The van der Waals surface area contributed by atoms with Crippen molar-refractivity contribution in [3.8, 4) is 17.0 Å².